The average molecular weight is 472 g/mol. The van der Waals surface area contributed by atoms with E-state index in [2.05, 4.69) is 24.1 Å². The third-order valence-electron chi connectivity index (χ3n) is 5.22. The number of amides is 1. The van der Waals surface area contributed by atoms with Crippen LogP contribution in [0.5, 0.6) is 5.88 Å². The fourth-order valence-corrected chi connectivity index (χ4v) is 3.86. The molecule has 180 valence electrons. The van der Waals surface area contributed by atoms with Crippen LogP contribution in [0, 0.1) is 0 Å². The third kappa shape index (κ3) is 7.34. The monoisotopic (exact) mass is 471 g/mol. The molecule has 2 aliphatic heterocycles. The number of aliphatic hydroxyl groups is 1. The molecule has 2 fully saturated rings. The summed E-state index contributed by atoms with van der Waals surface area (Å²) < 4.78 is 18.1. The van der Waals surface area contributed by atoms with Crippen LogP contribution in [0.4, 0.5) is 10.6 Å². The van der Waals surface area contributed by atoms with Crippen LogP contribution in [0.25, 0.3) is 0 Å². The second kappa shape index (κ2) is 10.8. The van der Waals surface area contributed by atoms with Gasteiger partial charge in [-0.3, -0.25) is 0 Å². The minimum absolute atomic E-state index is 0.0958. The van der Waals surface area contributed by atoms with Crippen LogP contribution in [0.15, 0.2) is 12.4 Å². The molecule has 12 heteroatoms. The largest absolute Gasteiger partial charge is 0.474 e. The van der Waals surface area contributed by atoms with Crippen molar-refractivity contribution < 1.29 is 28.6 Å². The Bertz CT molecular complexity index is 731. The predicted molar refractivity (Wildman–Crippen MR) is 119 cm³/mol. The summed E-state index contributed by atoms with van der Waals surface area (Å²) in [6, 6.07) is 0. The Kier molecular flexibility index (Phi) is 8.39. The molecule has 0 spiro atoms. The van der Waals surface area contributed by atoms with Crippen LogP contribution in [-0.2, 0) is 14.0 Å². The molecule has 0 bridgehead atoms. The first-order chi connectivity index (χ1) is 15.2. The van der Waals surface area contributed by atoms with Crippen molar-refractivity contribution in [2.75, 3.05) is 57.9 Å². The van der Waals surface area contributed by atoms with Gasteiger partial charge in [0.05, 0.1) is 19.5 Å². The van der Waals surface area contributed by atoms with Crippen LogP contribution >= 0.6 is 12.2 Å². The number of aromatic nitrogens is 2. The van der Waals surface area contributed by atoms with E-state index in [1.165, 1.54) is 19.3 Å². The van der Waals surface area contributed by atoms with E-state index in [0.29, 0.717) is 31.8 Å². The second-order valence-electron chi connectivity index (χ2n) is 8.92. The van der Waals surface area contributed by atoms with Gasteiger partial charge in [0.2, 0.25) is 5.88 Å². The Hall–Kier alpha value is -1.86. The average Bonchev–Trinajstić information content (AvgIpc) is 2.76. The third-order valence-corrected chi connectivity index (χ3v) is 5.99. The highest BCUT2D eigenvalue weighted by molar-refractivity contribution is 7.92. The van der Waals surface area contributed by atoms with E-state index in [1.54, 1.807) is 17.3 Å². The zero-order valence-electron chi connectivity index (χ0n) is 19.2. The number of nitrogens with zero attached hydrogens (tertiary/aromatic N) is 5. The highest BCUT2D eigenvalue weighted by Crippen LogP contribution is 2.25. The molecule has 1 amide bonds. The molecule has 0 radical (unpaired) electrons. The van der Waals surface area contributed by atoms with Crippen molar-refractivity contribution >= 4 is 24.1 Å². The Balaban J connectivity index is 1.42. The standard InChI is InChI=1S/C20H33N5O6S/c1-19(2,3)30-18(26)24-7-5-20(27,6-8-24)15-29-17-14-21-16(13-22-17)23-9-11-25(12-10-23)32-31-28-4/h13-14,27H,5-12,15H2,1-4H3. The van der Waals surface area contributed by atoms with Gasteiger partial charge in [-0.25, -0.2) is 24.0 Å². The van der Waals surface area contributed by atoms with Crippen molar-refractivity contribution in [3.05, 3.63) is 12.4 Å². The number of hydrogen-bond donors (Lipinski definition) is 1. The normalized spacial score (nSPS) is 19.7. The van der Waals surface area contributed by atoms with Gasteiger partial charge in [0.1, 0.15) is 35.9 Å². The number of ether oxygens (including phenoxy) is 2. The number of anilines is 1. The van der Waals surface area contributed by atoms with Crippen molar-refractivity contribution in [1.82, 2.24) is 19.2 Å². The van der Waals surface area contributed by atoms with E-state index in [4.69, 9.17) is 13.8 Å². The van der Waals surface area contributed by atoms with Crippen molar-refractivity contribution in [2.24, 2.45) is 0 Å². The summed E-state index contributed by atoms with van der Waals surface area (Å²) >= 11 is 1.20. The lowest BCUT2D eigenvalue weighted by Gasteiger charge is -2.38. The Morgan fingerprint density at radius 3 is 2.38 bits per heavy atom. The summed E-state index contributed by atoms with van der Waals surface area (Å²) in [5, 5.41) is 10.8. The molecule has 0 saturated carbocycles. The summed E-state index contributed by atoms with van der Waals surface area (Å²) in [6.45, 7) is 9.64. The smallest absolute Gasteiger partial charge is 0.410 e. The van der Waals surface area contributed by atoms with Gasteiger partial charge in [-0.1, -0.05) is 0 Å². The molecular weight excluding hydrogens is 438 g/mol. The van der Waals surface area contributed by atoms with E-state index < -0.39 is 11.2 Å². The van der Waals surface area contributed by atoms with E-state index >= 15 is 0 Å². The van der Waals surface area contributed by atoms with Gasteiger partial charge in [-0.2, -0.15) is 0 Å². The van der Waals surface area contributed by atoms with Gasteiger partial charge in [-0.05, 0) is 33.6 Å². The van der Waals surface area contributed by atoms with Crippen molar-refractivity contribution in [2.45, 2.75) is 44.8 Å². The van der Waals surface area contributed by atoms with Crippen LogP contribution in [0.3, 0.4) is 0 Å². The maximum absolute atomic E-state index is 12.2. The summed E-state index contributed by atoms with van der Waals surface area (Å²) in [5.74, 6) is 1.14. The minimum Gasteiger partial charge on any atom is -0.474 e. The van der Waals surface area contributed by atoms with Crippen LogP contribution in [-0.4, -0.2) is 94.6 Å². The molecule has 3 rings (SSSR count). The quantitative estimate of drug-likeness (QED) is 0.272. The molecule has 0 aliphatic carbocycles. The second-order valence-corrected chi connectivity index (χ2v) is 9.72. The lowest BCUT2D eigenvalue weighted by molar-refractivity contribution is -0.163. The van der Waals surface area contributed by atoms with E-state index in [9.17, 15) is 9.90 Å². The van der Waals surface area contributed by atoms with Crippen molar-refractivity contribution in [3.63, 3.8) is 0 Å². The van der Waals surface area contributed by atoms with Crippen LogP contribution < -0.4 is 9.64 Å². The number of hydrogen-bond acceptors (Lipinski definition) is 11. The van der Waals surface area contributed by atoms with Crippen LogP contribution in [0.2, 0.25) is 0 Å². The van der Waals surface area contributed by atoms with Gasteiger partial charge in [0, 0.05) is 39.3 Å². The van der Waals surface area contributed by atoms with Gasteiger partial charge in [-0.15, -0.1) is 4.33 Å². The van der Waals surface area contributed by atoms with Crippen molar-refractivity contribution in [1.29, 1.82) is 0 Å². The summed E-state index contributed by atoms with van der Waals surface area (Å²) in [4.78, 5) is 29.3. The van der Waals surface area contributed by atoms with E-state index in [0.717, 1.165) is 32.0 Å². The number of likely N-dealkylation sites (tertiary alicyclic amines) is 1. The lowest BCUT2D eigenvalue weighted by Crippen LogP contribution is -2.50. The highest BCUT2D eigenvalue weighted by Gasteiger charge is 2.36. The van der Waals surface area contributed by atoms with Gasteiger partial charge >= 0.3 is 6.09 Å². The zero-order chi connectivity index (χ0) is 23.2. The Morgan fingerprint density at radius 2 is 1.81 bits per heavy atom. The van der Waals surface area contributed by atoms with E-state index in [1.807, 2.05) is 20.8 Å². The maximum atomic E-state index is 12.2. The number of carbonyl (C=O) groups is 1. The first-order valence-corrected chi connectivity index (χ1v) is 11.4. The molecule has 32 heavy (non-hydrogen) atoms. The van der Waals surface area contributed by atoms with Gasteiger partial charge in [0.15, 0.2) is 0 Å². The fourth-order valence-electron chi connectivity index (χ4n) is 3.40. The molecular formula is C20H33N5O6S. The number of carbonyl (C=O) groups excluding carboxylic acids is 1. The van der Waals surface area contributed by atoms with E-state index in [-0.39, 0.29) is 12.7 Å². The number of piperazine rings is 1. The zero-order valence-corrected chi connectivity index (χ0v) is 20.0. The number of rotatable bonds is 7. The van der Waals surface area contributed by atoms with Crippen LogP contribution in [0.1, 0.15) is 33.6 Å². The summed E-state index contributed by atoms with van der Waals surface area (Å²) in [6.07, 6.45) is 3.72. The van der Waals surface area contributed by atoms with Gasteiger partial charge in [0.25, 0.3) is 0 Å². The topological polar surface area (TPSA) is 110 Å². The first-order valence-electron chi connectivity index (χ1n) is 10.7. The Morgan fingerprint density at radius 1 is 1.12 bits per heavy atom. The molecule has 0 atom stereocenters. The number of piperidine rings is 1. The summed E-state index contributed by atoms with van der Waals surface area (Å²) in [5.41, 5.74) is -1.55. The predicted octanol–water partition coefficient (Wildman–Crippen LogP) is 1.88. The molecule has 1 N–H and O–H groups in total. The summed E-state index contributed by atoms with van der Waals surface area (Å²) in [7, 11) is 1.48. The minimum atomic E-state index is -1.02. The fraction of sp³-hybridized carbons (Fsp3) is 0.750. The molecule has 3 heterocycles. The molecule has 0 aromatic carbocycles. The molecule has 1 aromatic rings. The molecule has 11 nitrogen and oxygen atoms in total. The molecule has 0 unspecified atom stereocenters. The highest BCUT2D eigenvalue weighted by atomic mass is 32.2. The van der Waals surface area contributed by atoms with Gasteiger partial charge < -0.3 is 24.4 Å². The molecule has 2 saturated heterocycles. The van der Waals surface area contributed by atoms with Crippen molar-refractivity contribution in [3.8, 4) is 5.88 Å². The maximum Gasteiger partial charge on any atom is 0.410 e. The molecule has 2 aliphatic rings. The SMILES string of the molecule is COOSN1CCN(c2cnc(OCC3(O)CCN(C(=O)OC(C)(C)C)CC3)cn2)CC1. The lowest BCUT2D eigenvalue weighted by atomic mass is 9.92. The Labute approximate surface area is 193 Å². The first kappa shape index (κ1) is 24.8. The molecule has 1 aromatic heterocycles.